The minimum absolute atomic E-state index is 0.0545. The summed E-state index contributed by atoms with van der Waals surface area (Å²) in [7, 11) is 0. The Hall–Kier alpha value is -6.38. The molecule has 0 atom stereocenters. The third-order valence-electron chi connectivity index (χ3n) is 16.9. The molecule has 2 aliphatic carbocycles. The molecule has 0 spiro atoms. The van der Waals surface area contributed by atoms with Crippen molar-refractivity contribution in [2.24, 2.45) is 0 Å². The molecule has 0 saturated heterocycles. The zero-order valence-corrected chi connectivity index (χ0v) is 44.6. The Morgan fingerprint density at radius 1 is 0.286 bits per heavy atom. The fraction of sp³-hybridized carbons (Fsp3) is 0.324. The Labute approximate surface area is 416 Å². The van der Waals surface area contributed by atoms with Crippen LogP contribution in [0.15, 0.2) is 133 Å². The molecule has 0 fully saturated rings. The van der Waals surface area contributed by atoms with Gasteiger partial charge in [-0.1, -0.05) is 171 Å². The second-order valence-corrected chi connectivity index (χ2v) is 26.4. The molecule has 70 heavy (non-hydrogen) atoms. The highest BCUT2D eigenvalue weighted by atomic mass is 15.0. The van der Waals surface area contributed by atoms with Crippen LogP contribution >= 0.6 is 0 Å². The van der Waals surface area contributed by atoms with Crippen LogP contribution in [0.1, 0.15) is 155 Å². The monoisotopic (exact) mass is 915 g/mol. The molecule has 2 aliphatic rings. The van der Waals surface area contributed by atoms with E-state index in [0.29, 0.717) is 0 Å². The summed E-state index contributed by atoms with van der Waals surface area (Å²) in [6.07, 6.45) is 0. The molecule has 0 aliphatic heterocycles. The van der Waals surface area contributed by atoms with E-state index in [9.17, 15) is 0 Å². The molecule has 2 aromatic heterocycles. The van der Waals surface area contributed by atoms with Crippen LogP contribution in [0.2, 0.25) is 0 Å². The predicted molar refractivity (Wildman–Crippen MR) is 303 cm³/mol. The molecule has 0 bridgehead atoms. The van der Waals surface area contributed by atoms with Gasteiger partial charge in [-0.3, -0.25) is 0 Å². The van der Waals surface area contributed by atoms with E-state index in [1.54, 1.807) is 0 Å². The van der Waals surface area contributed by atoms with E-state index in [1.165, 1.54) is 133 Å². The minimum Gasteiger partial charge on any atom is -0.309 e. The summed E-state index contributed by atoms with van der Waals surface area (Å²) < 4.78 is 5.04. The largest absolute Gasteiger partial charge is 0.309 e. The molecule has 10 aromatic rings. The van der Waals surface area contributed by atoms with E-state index in [-0.39, 0.29) is 32.5 Å². The SMILES string of the molecule is CC(C)(C)c1ccc2c(c1)c1cc(C(C)(C)C)ccc1n2-c1ccc2c(c1)C(C)(C)c1c-2ccc2c3c(ccc12)-c1ccc(-n2c4ccc(C(C)(C)C)cc4c4cc(C(C)(C)C)ccc42)cc1C3(C)C. The highest BCUT2D eigenvalue weighted by molar-refractivity contribution is 6.12. The van der Waals surface area contributed by atoms with Crippen molar-refractivity contribution in [2.45, 2.75) is 143 Å². The topological polar surface area (TPSA) is 9.86 Å². The summed E-state index contributed by atoms with van der Waals surface area (Å²) in [5.74, 6) is 0. The van der Waals surface area contributed by atoms with Crippen molar-refractivity contribution >= 4 is 54.4 Å². The zero-order valence-electron chi connectivity index (χ0n) is 44.6. The molecule has 2 heteroatoms. The highest BCUT2D eigenvalue weighted by Gasteiger charge is 2.42. The summed E-state index contributed by atoms with van der Waals surface area (Å²) >= 11 is 0. The van der Waals surface area contributed by atoms with Crippen LogP contribution in [0.25, 0.3) is 88.0 Å². The molecular formula is C68H70N2. The summed E-state index contributed by atoms with van der Waals surface area (Å²) in [6, 6.07) is 53.0. The van der Waals surface area contributed by atoms with E-state index < -0.39 is 0 Å². The van der Waals surface area contributed by atoms with Crippen molar-refractivity contribution in [2.75, 3.05) is 0 Å². The molecular weight excluding hydrogens is 845 g/mol. The number of rotatable bonds is 2. The summed E-state index contributed by atoms with van der Waals surface area (Å²) in [5.41, 5.74) is 23.8. The molecule has 352 valence electrons. The van der Waals surface area contributed by atoms with Gasteiger partial charge >= 0.3 is 0 Å². The fourth-order valence-corrected chi connectivity index (χ4v) is 12.8. The maximum Gasteiger partial charge on any atom is 0.0541 e. The molecule has 0 radical (unpaired) electrons. The van der Waals surface area contributed by atoms with Gasteiger partial charge in [0, 0.05) is 43.7 Å². The Kier molecular flexibility index (Phi) is 9.06. The van der Waals surface area contributed by atoms with E-state index >= 15 is 0 Å². The van der Waals surface area contributed by atoms with Crippen molar-refractivity contribution in [1.29, 1.82) is 0 Å². The van der Waals surface area contributed by atoms with Gasteiger partial charge in [-0.2, -0.15) is 0 Å². The lowest BCUT2D eigenvalue weighted by atomic mass is 9.76. The van der Waals surface area contributed by atoms with Gasteiger partial charge in [0.25, 0.3) is 0 Å². The molecule has 0 N–H and O–H groups in total. The summed E-state index contributed by atoms with van der Waals surface area (Å²) in [4.78, 5) is 0. The van der Waals surface area contributed by atoms with Crippen LogP contribution in [0.4, 0.5) is 0 Å². The van der Waals surface area contributed by atoms with Gasteiger partial charge in [0.05, 0.1) is 22.1 Å². The van der Waals surface area contributed by atoms with Gasteiger partial charge in [-0.25, -0.2) is 0 Å². The van der Waals surface area contributed by atoms with E-state index in [2.05, 4.69) is 253 Å². The van der Waals surface area contributed by atoms with Crippen molar-refractivity contribution in [3.8, 4) is 33.6 Å². The lowest BCUT2D eigenvalue weighted by molar-refractivity contribution is 0.590. The van der Waals surface area contributed by atoms with E-state index in [1.807, 2.05) is 0 Å². The molecule has 8 aromatic carbocycles. The van der Waals surface area contributed by atoms with Crippen LogP contribution in [0.5, 0.6) is 0 Å². The minimum atomic E-state index is -0.217. The molecule has 2 nitrogen and oxygen atoms in total. The molecule has 0 saturated carbocycles. The second-order valence-electron chi connectivity index (χ2n) is 26.4. The summed E-state index contributed by atoms with van der Waals surface area (Å²) in [5, 5.41) is 8.04. The van der Waals surface area contributed by atoms with Gasteiger partial charge in [0.15, 0.2) is 0 Å². The zero-order chi connectivity index (χ0) is 49.6. The Morgan fingerprint density at radius 2 is 0.557 bits per heavy atom. The van der Waals surface area contributed by atoms with Gasteiger partial charge in [-0.05, 0) is 172 Å². The van der Waals surface area contributed by atoms with Crippen LogP contribution in [0.3, 0.4) is 0 Å². The first-order chi connectivity index (χ1) is 32.7. The average molecular weight is 915 g/mol. The maximum absolute atomic E-state index is 2.52. The average Bonchev–Trinajstić information content (AvgIpc) is 3.95. The standard InChI is InChI=1S/C68H70N2/c1-63(2,3)39-17-29-57-51(33-39)52-34-40(64(4,5)6)18-30-58(52)69(57)43-21-23-45-47-25-27-50-49(61(47)67(13,14)55(45)37-43)28-26-48-46-24-22-44(38-56(46)68(15,16)62(48)50)70-59-31-19-41(65(7,8)9)35-53(59)54-36-42(66(10,11)12)20-32-60(54)70/h17-38H,1-16H3. The Morgan fingerprint density at radius 3 is 0.829 bits per heavy atom. The maximum atomic E-state index is 2.52. The van der Waals surface area contributed by atoms with Crippen LogP contribution < -0.4 is 0 Å². The van der Waals surface area contributed by atoms with Crippen molar-refractivity contribution in [3.05, 3.63) is 178 Å². The first-order valence-electron chi connectivity index (χ1n) is 25.8. The predicted octanol–water partition coefficient (Wildman–Crippen LogP) is 18.8. The van der Waals surface area contributed by atoms with Crippen molar-refractivity contribution in [3.63, 3.8) is 0 Å². The number of aromatic nitrogens is 2. The molecule has 2 heterocycles. The number of hydrogen-bond donors (Lipinski definition) is 0. The molecule has 0 amide bonds. The highest BCUT2D eigenvalue weighted by Crippen LogP contribution is 2.57. The van der Waals surface area contributed by atoms with Crippen molar-refractivity contribution < 1.29 is 0 Å². The number of hydrogen-bond acceptors (Lipinski definition) is 0. The number of fused-ring (bicyclic) bond motifs is 15. The van der Waals surface area contributed by atoms with E-state index in [4.69, 9.17) is 0 Å². The van der Waals surface area contributed by atoms with Gasteiger partial charge in [0.2, 0.25) is 0 Å². The first kappa shape index (κ1) is 44.8. The molecule has 12 rings (SSSR count). The smallest absolute Gasteiger partial charge is 0.0541 e. The molecule has 0 unspecified atom stereocenters. The van der Waals surface area contributed by atoms with Crippen LogP contribution in [-0.4, -0.2) is 9.13 Å². The van der Waals surface area contributed by atoms with Crippen LogP contribution in [-0.2, 0) is 32.5 Å². The Bertz CT molecular complexity index is 3500. The lowest BCUT2D eigenvalue weighted by Crippen LogP contribution is -2.18. The van der Waals surface area contributed by atoms with Gasteiger partial charge in [0.1, 0.15) is 0 Å². The van der Waals surface area contributed by atoms with Gasteiger partial charge in [-0.15, -0.1) is 0 Å². The third kappa shape index (κ3) is 6.30. The quantitative estimate of drug-likeness (QED) is 0.164. The second kappa shape index (κ2) is 14.2. The lowest BCUT2D eigenvalue weighted by Gasteiger charge is -2.27. The Balaban J connectivity index is 0.981. The van der Waals surface area contributed by atoms with E-state index in [0.717, 1.165) is 0 Å². The van der Waals surface area contributed by atoms with Gasteiger partial charge < -0.3 is 9.13 Å². The number of benzene rings is 8. The normalized spacial score (nSPS) is 15.4. The first-order valence-corrected chi connectivity index (χ1v) is 25.8. The third-order valence-corrected chi connectivity index (χ3v) is 16.9. The number of nitrogens with zero attached hydrogens (tertiary/aromatic N) is 2. The van der Waals surface area contributed by atoms with Crippen molar-refractivity contribution in [1.82, 2.24) is 9.13 Å². The summed E-state index contributed by atoms with van der Waals surface area (Å²) in [6.45, 7) is 37.7. The fourth-order valence-electron chi connectivity index (χ4n) is 12.8. The van der Waals surface area contributed by atoms with Crippen LogP contribution in [0, 0.1) is 0 Å².